The van der Waals surface area contributed by atoms with E-state index >= 15 is 0 Å². The average molecular weight is 314 g/mol. The van der Waals surface area contributed by atoms with Crippen molar-refractivity contribution in [2.24, 2.45) is 0 Å². The van der Waals surface area contributed by atoms with Crippen molar-refractivity contribution in [2.45, 2.75) is 32.2 Å². The van der Waals surface area contributed by atoms with Crippen LogP contribution in [0.1, 0.15) is 25.0 Å². The number of para-hydroxylation sites is 2. The quantitative estimate of drug-likeness (QED) is 0.917. The summed E-state index contributed by atoms with van der Waals surface area (Å²) in [6, 6.07) is 8.66. The summed E-state index contributed by atoms with van der Waals surface area (Å²) in [5.74, 6) is 1.03. The van der Waals surface area contributed by atoms with E-state index in [2.05, 4.69) is 16.8 Å². The maximum absolute atomic E-state index is 8.97. The van der Waals surface area contributed by atoms with Gasteiger partial charge in [-0.1, -0.05) is 12.1 Å². The number of aliphatic hydroxyl groups is 1. The Balaban J connectivity index is 1.69. The number of anilines is 1. The first kappa shape index (κ1) is 16.1. The highest BCUT2D eigenvalue weighted by Gasteiger charge is 2.24. The van der Waals surface area contributed by atoms with Crippen molar-refractivity contribution in [2.75, 3.05) is 38.2 Å². The van der Waals surface area contributed by atoms with Gasteiger partial charge in [-0.15, -0.1) is 0 Å². The number of aromatic nitrogens is 2. The van der Waals surface area contributed by atoms with Crippen LogP contribution in [0.4, 0.5) is 5.82 Å². The fourth-order valence-corrected chi connectivity index (χ4v) is 3.40. The highest BCUT2D eigenvalue weighted by atomic mass is 16.3. The predicted octanol–water partition coefficient (Wildman–Crippen LogP) is 2.22. The molecule has 1 saturated heterocycles. The van der Waals surface area contributed by atoms with Gasteiger partial charge >= 0.3 is 0 Å². The molecule has 1 N–H and O–H groups in total. The molecule has 2 heterocycles. The molecule has 0 amide bonds. The molecule has 5 heteroatoms. The molecule has 124 valence electrons. The third-order valence-corrected chi connectivity index (χ3v) is 4.78. The van der Waals surface area contributed by atoms with E-state index in [-0.39, 0.29) is 6.61 Å². The van der Waals surface area contributed by atoms with Crippen molar-refractivity contribution in [1.82, 2.24) is 14.9 Å². The predicted molar refractivity (Wildman–Crippen MR) is 93.8 cm³/mol. The lowest BCUT2D eigenvalue weighted by Gasteiger charge is -2.37. The van der Waals surface area contributed by atoms with E-state index in [1.807, 2.05) is 31.2 Å². The minimum atomic E-state index is 0.273. The number of hydrogen-bond donors (Lipinski definition) is 1. The zero-order valence-electron chi connectivity index (χ0n) is 14.1. The molecule has 23 heavy (non-hydrogen) atoms. The molecule has 0 spiro atoms. The van der Waals surface area contributed by atoms with Crippen molar-refractivity contribution < 1.29 is 5.11 Å². The number of rotatable bonds is 5. The fraction of sp³-hybridized carbons (Fsp3) is 0.556. The number of benzene rings is 1. The number of aryl methyl sites for hydroxylation is 1. The molecule has 1 aromatic carbocycles. The average Bonchev–Trinajstić information content (AvgIpc) is 2.59. The summed E-state index contributed by atoms with van der Waals surface area (Å²) in [6.45, 7) is 5.32. The molecular formula is C18H26N4O. The van der Waals surface area contributed by atoms with E-state index in [0.717, 1.165) is 61.4 Å². The van der Waals surface area contributed by atoms with Crippen LogP contribution in [0.5, 0.6) is 0 Å². The van der Waals surface area contributed by atoms with Crippen LogP contribution < -0.4 is 4.90 Å². The van der Waals surface area contributed by atoms with Gasteiger partial charge in [0.15, 0.2) is 5.82 Å². The first-order chi connectivity index (χ1) is 11.2. The summed E-state index contributed by atoms with van der Waals surface area (Å²) in [5.41, 5.74) is 2.94. The Hall–Kier alpha value is -1.72. The highest BCUT2D eigenvalue weighted by Crippen LogP contribution is 2.24. The zero-order valence-corrected chi connectivity index (χ0v) is 14.1. The first-order valence-corrected chi connectivity index (χ1v) is 8.48. The summed E-state index contributed by atoms with van der Waals surface area (Å²) in [4.78, 5) is 14.3. The Morgan fingerprint density at radius 2 is 1.83 bits per heavy atom. The molecule has 0 saturated carbocycles. The van der Waals surface area contributed by atoms with E-state index in [9.17, 15) is 0 Å². The van der Waals surface area contributed by atoms with E-state index in [4.69, 9.17) is 15.1 Å². The van der Waals surface area contributed by atoms with Gasteiger partial charge in [0.2, 0.25) is 0 Å². The molecule has 0 radical (unpaired) electrons. The molecular weight excluding hydrogens is 288 g/mol. The van der Waals surface area contributed by atoms with Crippen molar-refractivity contribution in [1.29, 1.82) is 0 Å². The Bertz CT molecular complexity index is 653. The van der Waals surface area contributed by atoms with Gasteiger partial charge in [0, 0.05) is 32.3 Å². The second-order valence-corrected chi connectivity index (χ2v) is 6.40. The monoisotopic (exact) mass is 314 g/mol. The Labute approximate surface area is 138 Å². The van der Waals surface area contributed by atoms with Gasteiger partial charge in [-0.25, -0.2) is 9.97 Å². The number of aliphatic hydroxyl groups excluding tert-OH is 1. The normalized spacial score (nSPS) is 16.4. The van der Waals surface area contributed by atoms with Gasteiger partial charge in [-0.05, 0) is 45.4 Å². The molecule has 1 aliphatic heterocycles. The molecule has 0 bridgehead atoms. The van der Waals surface area contributed by atoms with Gasteiger partial charge in [0.1, 0.15) is 0 Å². The van der Waals surface area contributed by atoms with Gasteiger partial charge in [-0.3, -0.25) is 0 Å². The van der Waals surface area contributed by atoms with Crippen LogP contribution >= 0.6 is 0 Å². The van der Waals surface area contributed by atoms with Gasteiger partial charge in [-0.2, -0.15) is 0 Å². The van der Waals surface area contributed by atoms with E-state index in [0.29, 0.717) is 6.04 Å². The van der Waals surface area contributed by atoms with E-state index in [1.54, 1.807) is 0 Å². The molecule has 1 aromatic heterocycles. The summed E-state index contributed by atoms with van der Waals surface area (Å²) in [7, 11) is 2.16. The van der Waals surface area contributed by atoms with Crippen molar-refractivity contribution in [3.63, 3.8) is 0 Å². The Kier molecular flexibility index (Phi) is 5.08. The summed E-state index contributed by atoms with van der Waals surface area (Å²) >= 11 is 0. The fourth-order valence-electron chi connectivity index (χ4n) is 3.40. The van der Waals surface area contributed by atoms with Crippen LogP contribution in [0.15, 0.2) is 24.3 Å². The molecule has 0 atom stereocenters. The molecule has 5 nitrogen and oxygen atoms in total. The van der Waals surface area contributed by atoms with Crippen molar-refractivity contribution >= 4 is 16.9 Å². The number of fused-ring (bicyclic) bond motifs is 1. The van der Waals surface area contributed by atoms with Gasteiger partial charge < -0.3 is 14.9 Å². The molecule has 1 aliphatic rings. The maximum atomic E-state index is 8.97. The van der Waals surface area contributed by atoms with Crippen LogP contribution in [0, 0.1) is 6.92 Å². The lowest BCUT2D eigenvalue weighted by Crippen LogP contribution is -2.44. The van der Waals surface area contributed by atoms with Crippen LogP contribution in [0.2, 0.25) is 0 Å². The second-order valence-electron chi connectivity index (χ2n) is 6.40. The molecule has 1 fully saturated rings. The van der Waals surface area contributed by atoms with Crippen molar-refractivity contribution in [3.8, 4) is 0 Å². The summed E-state index contributed by atoms with van der Waals surface area (Å²) < 4.78 is 0. The zero-order chi connectivity index (χ0) is 16.2. The third-order valence-electron chi connectivity index (χ3n) is 4.78. The topological polar surface area (TPSA) is 52.5 Å². The second kappa shape index (κ2) is 7.23. The van der Waals surface area contributed by atoms with E-state index < -0.39 is 0 Å². The SMILES string of the molecule is Cc1nc2ccccc2nc1N1CCC(N(C)CCCO)CC1. The molecule has 3 rings (SSSR count). The van der Waals surface area contributed by atoms with Gasteiger partial charge in [0.05, 0.1) is 16.7 Å². The first-order valence-electron chi connectivity index (χ1n) is 8.48. The standard InChI is InChI=1S/C18H26N4O/c1-14-18(20-17-7-4-3-6-16(17)19-14)22-11-8-15(9-12-22)21(2)10-5-13-23/h3-4,6-7,15,23H,5,8-13H2,1-2H3. The molecule has 2 aromatic rings. The lowest BCUT2D eigenvalue weighted by molar-refractivity contribution is 0.184. The third kappa shape index (κ3) is 3.62. The van der Waals surface area contributed by atoms with Crippen LogP contribution in [-0.4, -0.2) is 59.3 Å². The van der Waals surface area contributed by atoms with Crippen molar-refractivity contribution in [3.05, 3.63) is 30.0 Å². The number of hydrogen-bond acceptors (Lipinski definition) is 5. The summed E-state index contributed by atoms with van der Waals surface area (Å²) in [5, 5.41) is 8.97. The molecule has 0 aliphatic carbocycles. The minimum absolute atomic E-state index is 0.273. The Morgan fingerprint density at radius 3 is 2.48 bits per heavy atom. The van der Waals surface area contributed by atoms with Crippen LogP contribution in [-0.2, 0) is 0 Å². The number of piperidine rings is 1. The Morgan fingerprint density at radius 1 is 1.17 bits per heavy atom. The molecule has 0 unspecified atom stereocenters. The van der Waals surface area contributed by atoms with E-state index in [1.165, 1.54) is 0 Å². The van der Waals surface area contributed by atoms with Gasteiger partial charge in [0.25, 0.3) is 0 Å². The smallest absolute Gasteiger partial charge is 0.150 e. The van der Waals surface area contributed by atoms with Crippen LogP contribution in [0.25, 0.3) is 11.0 Å². The largest absolute Gasteiger partial charge is 0.396 e. The highest BCUT2D eigenvalue weighted by molar-refractivity contribution is 5.76. The number of nitrogens with zero attached hydrogens (tertiary/aromatic N) is 4. The maximum Gasteiger partial charge on any atom is 0.150 e. The lowest BCUT2D eigenvalue weighted by atomic mass is 10.0. The summed E-state index contributed by atoms with van der Waals surface area (Å²) in [6.07, 6.45) is 3.12. The minimum Gasteiger partial charge on any atom is -0.396 e. The van der Waals surface area contributed by atoms with Crippen LogP contribution in [0.3, 0.4) is 0 Å².